The molecule has 6 heteroatoms. The van der Waals surface area contributed by atoms with Crippen LogP contribution in [0.3, 0.4) is 0 Å². The molecule has 130 valence electrons. The molecule has 0 saturated carbocycles. The standard InChI is InChI=1S/C20H18N4O2/c1-4-13-26-18-7-5-16(6-8-18)23(3)20(25)19-14-22-24(15(19)2)17-9-11-21-12-10-17/h1,5-12,14H,13H2,2-3H3. The summed E-state index contributed by atoms with van der Waals surface area (Å²) < 4.78 is 7.07. The molecule has 2 heterocycles. The molecule has 0 aliphatic carbocycles. The molecule has 0 N–H and O–H groups in total. The van der Waals surface area contributed by atoms with Gasteiger partial charge in [-0.2, -0.15) is 5.10 Å². The van der Waals surface area contributed by atoms with Crippen molar-refractivity contribution in [2.24, 2.45) is 0 Å². The zero-order valence-electron chi connectivity index (χ0n) is 14.6. The Kier molecular flexibility index (Phi) is 4.99. The lowest BCUT2D eigenvalue weighted by Gasteiger charge is -2.17. The van der Waals surface area contributed by atoms with Crippen molar-refractivity contribution in [3.63, 3.8) is 0 Å². The van der Waals surface area contributed by atoms with Gasteiger partial charge in [-0.3, -0.25) is 9.78 Å². The molecule has 3 rings (SSSR count). The highest BCUT2D eigenvalue weighted by molar-refractivity contribution is 6.06. The molecule has 26 heavy (non-hydrogen) atoms. The number of nitrogens with zero attached hydrogens (tertiary/aromatic N) is 4. The minimum Gasteiger partial charge on any atom is -0.481 e. The van der Waals surface area contributed by atoms with Crippen LogP contribution in [0.1, 0.15) is 16.1 Å². The maximum atomic E-state index is 12.9. The molecule has 0 atom stereocenters. The van der Waals surface area contributed by atoms with Gasteiger partial charge < -0.3 is 9.64 Å². The van der Waals surface area contributed by atoms with Crippen molar-refractivity contribution in [3.8, 4) is 23.8 Å². The molecule has 0 fully saturated rings. The van der Waals surface area contributed by atoms with Gasteiger partial charge in [-0.15, -0.1) is 6.42 Å². The van der Waals surface area contributed by atoms with E-state index in [2.05, 4.69) is 16.0 Å². The summed E-state index contributed by atoms with van der Waals surface area (Å²) in [5, 5.41) is 4.33. The van der Waals surface area contributed by atoms with E-state index in [9.17, 15) is 4.79 Å². The molecule has 0 saturated heterocycles. The fourth-order valence-electron chi connectivity index (χ4n) is 2.55. The second-order valence-electron chi connectivity index (χ2n) is 5.61. The predicted octanol–water partition coefficient (Wildman–Crippen LogP) is 2.86. The molecule has 1 aromatic carbocycles. The molecule has 3 aromatic rings. The number of hydrogen-bond acceptors (Lipinski definition) is 4. The van der Waals surface area contributed by atoms with Crippen LogP contribution in [0.4, 0.5) is 5.69 Å². The molecule has 0 bridgehead atoms. The molecule has 6 nitrogen and oxygen atoms in total. The SMILES string of the molecule is C#CCOc1ccc(N(C)C(=O)c2cnn(-c3ccncc3)c2C)cc1. The van der Waals surface area contributed by atoms with E-state index < -0.39 is 0 Å². The molecule has 1 amide bonds. The smallest absolute Gasteiger partial charge is 0.261 e. The average molecular weight is 346 g/mol. The summed E-state index contributed by atoms with van der Waals surface area (Å²) in [7, 11) is 1.73. The number of aromatic nitrogens is 3. The Bertz CT molecular complexity index is 940. The van der Waals surface area contributed by atoms with Crippen molar-refractivity contribution < 1.29 is 9.53 Å². The van der Waals surface area contributed by atoms with E-state index >= 15 is 0 Å². The lowest BCUT2D eigenvalue weighted by Crippen LogP contribution is -2.26. The Morgan fingerprint density at radius 1 is 1.23 bits per heavy atom. The van der Waals surface area contributed by atoms with Gasteiger partial charge in [-0.1, -0.05) is 5.92 Å². The van der Waals surface area contributed by atoms with Crippen molar-refractivity contribution in [1.29, 1.82) is 0 Å². The highest BCUT2D eigenvalue weighted by Crippen LogP contribution is 2.22. The quantitative estimate of drug-likeness (QED) is 0.667. The van der Waals surface area contributed by atoms with Crippen molar-refractivity contribution in [2.45, 2.75) is 6.92 Å². The van der Waals surface area contributed by atoms with Crippen LogP contribution in [0.5, 0.6) is 5.75 Å². The number of ether oxygens (including phenoxy) is 1. The van der Waals surface area contributed by atoms with Crippen molar-refractivity contribution in [3.05, 3.63) is 66.2 Å². The first-order valence-electron chi connectivity index (χ1n) is 8.01. The number of anilines is 1. The van der Waals surface area contributed by atoms with Crippen LogP contribution >= 0.6 is 0 Å². The van der Waals surface area contributed by atoms with E-state index in [0.717, 1.165) is 17.1 Å². The second-order valence-corrected chi connectivity index (χ2v) is 5.61. The number of hydrogen-bond donors (Lipinski definition) is 0. The van der Waals surface area contributed by atoms with Gasteiger partial charge >= 0.3 is 0 Å². The van der Waals surface area contributed by atoms with E-state index in [1.165, 1.54) is 0 Å². The predicted molar refractivity (Wildman–Crippen MR) is 99.6 cm³/mol. The number of carbonyl (C=O) groups excluding carboxylic acids is 1. The minimum atomic E-state index is -0.139. The number of amides is 1. The van der Waals surface area contributed by atoms with Crippen LogP contribution in [0.25, 0.3) is 5.69 Å². The molecule has 0 aliphatic heterocycles. The maximum absolute atomic E-state index is 12.9. The molecular formula is C20H18N4O2. The average Bonchev–Trinajstić information content (AvgIpc) is 3.07. The maximum Gasteiger partial charge on any atom is 0.261 e. The summed E-state index contributed by atoms with van der Waals surface area (Å²) in [6.45, 7) is 2.08. The highest BCUT2D eigenvalue weighted by Gasteiger charge is 2.19. The van der Waals surface area contributed by atoms with Gasteiger partial charge in [0.05, 0.1) is 23.1 Å². The normalized spacial score (nSPS) is 10.2. The fraction of sp³-hybridized carbons (Fsp3) is 0.150. The lowest BCUT2D eigenvalue weighted by molar-refractivity contribution is 0.0992. The summed E-state index contributed by atoms with van der Waals surface area (Å²) >= 11 is 0. The second kappa shape index (κ2) is 7.53. The third kappa shape index (κ3) is 3.42. The van der Waals surface area contributed by atoms with Gasteiger partial charge in [0.2, 0.25) is 0 Å². The Hall–Kier alpha value is -3.59. The molecule has 2 aromatic heterocycles. The van der Waals surface area contributed by atoms with Gasteiger partial charge in [0, 0.05) is 25.1 Å². The third-order valence-corrected chi connectivity index (χ3v) is 4.00. The van der Waals surface area contributed by atoms with Crippen LogP contribution in [0.15, 0.2) is 55.0 Å². The Morgan fingerprint density at radius 2 is 1.92 bits per heavy atom. The number of benzene rings is 1. The van der Waals surface area contributed by atoms with Crippen LogP contribution in [0.2, 0.25) is 0 Å². The summed E-state index contributed by atoms with van der Waals surface area (Å²) in [6.07, 6.45) is 10.1. The zero-order valence-corrected chi connectivity index (χ0v) is 14.6. The number of pyridine rings is 1. The van der Waals surface area contributed by atoms with E-state index in [1.807, 2.05) is 31.2 Å². The Morgan fingerprint density at radius 3 is 2.58 bits per heavy atom. The van der Waals surface area contributed by atoms with Crippen molar-refractivity contribution >= 4 is 11.6 Å². The molecular weight excluding hydrogens is 328 g/mol. The summed E-state index contributed by atoms with van der Waals surface area (Å²) in [5.41, 5.74) is 2.91. The van der Waals surface area contributed by atoms with Gasteiger partial charge in [0.25, 0.3) is 5.91 Å². The molecule has 0 spiro atoms. The highest BCUT2D eigenvalue weighted by atomic mass is 16.5. The first kappa shape index (κ1) is 17.2. The topological polar surface area (TPSA) is 60.2 Å². The summed E-state index contributed by atoms with van der Waals surface area (Å²) in [4.78, 5) is 18.4. The summed E-state index contributed by atoms with van der Waals surface area (Å²) in [6, 6.07) is 10.9. The largest absolute Gasteiger partial charge is 0.481 e. The van der Waals surface area contributed by atoms with E-state index in [-0.39, 0.29) is 12.5 Å². The van der Waals surface area contributed by atoms with Gasteiger partial charge in [-0.25, -0.2) is 4.68 Å². The van der Waals surface area contributed by atoms with Crippen LogP contribution < -0.4 is 9.64 Å². The van der Waals surface area contributed by atoms with Crippen LogP contribution in [-0.4, -0.2) is 34.3 Å². The monoisotopic (exact) mass is 346 g/mol. The fourth-order valence-corrected chi connectivity index (χ4v) is 2.55. The number of carbonyl (C=O) groups is 1. The lowest BCUT2D eigenvalue weighted by atomic mass is 10.2. The van der Waals surface area contributed by atoms with E-state index in [1.54, 1.807) is 47.4 Å². The third-order valence-electron chi connectivity index (χ3n) is 4.00. The Balaban J connectivity index is 1.81. The van der Waals surface area contributed by atoms with Gasteiger partial charge in [-0.05, 0) is 43.3 Å². The van der Waals surface area contributed by atoms with Gasteiger partial charge in [0.1, 0.15) is 12.4 Å². The molecule has 0 unspecified atom stereocenters. The van der Waals surface area contributed by atoms with E-state index in [4.69, 9.17) is 11.2 Å². The first-order chi connectivity index (χ1) is 12.6. The Labute approximate surface area is 152 Å². The first-order valence-corrected chi connectivity index (χ1v) is 8.01. The van der Waals surface area contributed by atoms with Crippen molar-refractivity contribution in [2.75, 3.05) is 18.6 Å². The van der Waals surface area contributed by atoms with Gasteiger partial charge in [0.15, 0.2) is 0 Å². The summed E-state index contributed by atoms with van der Waals surface area (Å²) in [5.74, 6) is 2.94. The molecule has 0 radical (unpaired) electrons. The van der Waals surface area contributed by atoms with Crippen LogP contribution in [0, 0.1) is 19.3 Å². The zero-order chi connectivity index (χ0) is 18.5. The number of rotatable bonds is 5. The number of terminal acetylenes is 1. The van der Waals surface area contributed by atoms with E-state index in [0.29, 0.717) is 11.3 Å². The van der Waals surface area contributed by atoms with Crippen molar-refractivity contribution in [1.82, 2.24) is 14.8 Å². The van der Waals surface area contributed by atoms with Crippen LogP contribution in [-0.2, 0) is 0 Å². The molecule has 0 aliphatic rings. The minimum absolute atomic E-state index is 0.139.